The minimum Gasteiger partial charge on any atom is -0.490 e. The van der Waals surface area contributed by atoms with Gasteiger partial charge in [0.1, 0.15) is 6.61 Å². The number of carbonyl (C=O) groups is 1. The third kappa shape index (κ3) is 4.95. The number of aromatic nitrogens is 2. The van der Waals surface area contributed by atoms with E-state index in [9.17, 15) is 9.59 Å². The summed E-state index contributed by atoms with van der Waals surface area (Å²) in [5.74, 6) is 0.212. The van der Waals surface area contributed by atoms with Crippen LogP contribution in [0.4, 0.5) is 0 Å². The highest BCUT2D eigenvalue weighted by Gasteiger charge is 2.17. The van der Waals surface area contributed by atoms with Gasteiger partial charge < -0.3 is 23.9 Å². The number of methoxy groups -OCH3 is 1. The number of rotatable bonds is 10. The van der Waals surface area contributed by atoms with Crippen LogP contribution in [0.25, 0.3) is 11.0 Å². The van der Waals surface area contributed by atoms with Crippen LogP contribution in [0.5, 0.6) is 11.5 Å². The number of aromatic amines is 1. The first-order valence-electron chi connectivity index (χ1n) is 8.60. The molecule has 2 aromatic rings. The summed E-state index contributed by atoms with van der Waals surface area (Å²) in [6, 6.07) is 3.28. The second-order valence-corrected chi connectivity index (χ2v) is 5.49. The van der Waals surface area contributed by atoms with E-state index in [0.29, 0.717) is 42.4 Å². The molecule has 0 bridgehead atoms. The lowest BCUT2D eigenvalue weighted by Gasteiger charge is -2.14. The Morgan fingerprint density at radius 3 is 2.54 bits per heavy atom. The van der Waals surface area contributed by atoms with Gasteiger partial charge in [0, 0.05) is 19.2 Å². The van der Waals surface area contributed by atoms with Crippen LogP contribution in [0.1, 0.15) is 37.2 Å². The molecule has 0 aliphatic rings. The average molecular weight is 364 g/mol. The predicted octanol–water partition coefficient (Wildman–Crippen LogP) is 2.30. The van der Waals surface area contributed by atoms with Crippen molar-refractivity contribution >= 4 is 17.0 Å². The number of unbranched alkanes of at least 4 members (excludes halogenated alkanes) is 1. The number of ether oxygens (including phenoxy) is 4. The van der Waals surface area contributed by atoms with Crippen molar-refractivity contribution in [2.24, 2.45) is 0 Å². The molecule has 1 aromatic heterocycles. The SMILES string of the molecule is CCCCOc1cc2[nH]c(=O)c(C(=O)OCC)nc2cc1OCCOC. The van der Waals surface area contributed by atoms with Crippen LogP contribution >= 0.6 is 0 Å². The van der Waals surface area contributed by atoms with E-state index in [1.54, 1.807) is 26.2 Å². The Balaban J connectivity index is 2.42. The third-order valence-corrected chi connectivity index (χ3v) is 3.53. The number of benzene rings is 1. The largest absolute Gasteiger partial charge is 0.490 e. The standard InChI is InChI=1S/C18H24N2O6/c1-4-6-7-25-14-11-13-12(10-15(14)26-9-8-23-3)19-16(17(21)20-13)18(22)24-5-2/h10-11H,4-9H2,1-3H3,(H,20,21). The van der Waals surface area contributed by atoms with E-state index in [-0.39, 0.29) is 12.3 Å². The van der Waals surface area contributed by atoms with E-state index in [2.05, 4.69) is 16.9 Å². The van der Waals surface area contributed by atoms with E-state index >= 15 is 0 Å². The number of fused-ring (bicyclic) bond motifs is 1. The zero-order valence-corrected chi connectivity index (χ0v) is 15.3. The lowest BCUT2D eigenvalue weighted by atomic mass is 10.2. The molecule has 1 heterocycles. The van der Waals surface area contributed by atoms with Gasteiger partial charge in [-0.05, 0) is 13.3 Å². The summed E-state index contributed by atoms with van der Waals surface area (Å²) in [5.41, 5.74) is -0.0399. The molecular weight excluding hydrogens is 340 g/mol. The number of carbonyl (C=O) groups excluding carboxylic acids is 1. The molecule has 8 nitrogen and oxygen atoms in total. The number of H-pyrrole nitrogens is 1. The molecule has 0 fully saturated rings. The van der Waals surface area contributed by atoms with Gasteiger partial charge in [0.05, 0.1) is 30.9 Å². The molecular formula is C18H24N2O6. The van der Waals surface area contributed by atoms with Gasteiger partial charge in [-0.3, -0.25) is 4.79 Å². The second-order valence-electron chi connectivity index (χ2n) is 5.49. The molecule has 1 N–H and O–H groups in total. The van der Waals surface area contributed by atoms with Gasteiger partial charge in [-0.2, -0.15) is 0 Å². The molecule has 0 spiro atoms. The monoisotopic (exact) mass is 364 g/mol. The van der Waals surface area contributed by atoms with Crippen molar-refractivity contribution in [2.45, 2.75) is 26.7 Å². The fraction of sp³-hybridized carbons (Fsp3) is 0.500. The lowest BCUT2D eigenvalue weighted by molar-refractivity contribution is 0.0517. The van der Waals surface area contributed by atoms with Crippen LogP contribution in [0, 0.1) is 0 Å². The Labute approximate surface area is 151 Å². The number of hydrogen-bond acceptors (Lipinski definition) is 7. The first-order chi connectivity index (χ1) is 12.6. The summed E-state index contributed by atoms with van der Waals surface area (Å²) in [5, 5.41) is 0. The summed E-state index contributed by atoms with van der Waals surface area (Å²) in [6.07, 6.45) is 1.89. The highest BCUT2D eigenvalue weighted by atomic mass is 16.5. The predicted molar refractivity (Wildman–Crippen MR) is 96.1 cm³/mol. The molecule has 0 amide bonds. The van der Waals surface area contributed by atoms with Crippen LogP contribution in [-0.2, 0) is 9.47 Å². The maximum atomic E-state index is 12.1. The van der Waals surface area contributed by atoms with Gasteiger partial charge in [-0.15, -0.1) is 0 Å². The van der Waals surface area contributed by atoms with Gasteiger partial charge in [0.2, 0.25) is 5.69 Å². The van der Waals surface area contributed by atoms with Crippen molar-refractivity contribution in [3.63, 3.8) is 0 Å². The molecule has 0 aliphatic carbocycles. The first kappa shape index (κ1) is 19.7. The lowest BCUT2D eigenvalue weighted by Crippen LogP contribution is -2.22. The minimum atomic E-state index is -0.763. The van der Waals surface area contributed by atoms with Crippen LogP contribution in [-0.4, -0.2) is 49.5 Å². The highest BCUT2D eigenvalue weighted by molar-refractivity contribution is 5.90. The van der Waals surface area contributed by atoms with Gasteiger partial charge in [-0.25, -0.2) is 9.78 Å². The van der Waals surface area contributed by atoms with Gasteiger partial charge in [0.15, 0.2) is 11.5 Å². The summed E-state index contributed by atoms with van der Waals surface area (Å²) in [7, 11) is 1.58. The highest BCUT2D eigenvalue weighted by Crippen LogP contribution is 2.31. The zero-order valence-electron chi connectivity index (χ0n) is 15.3. The second kappa shape index (κ2) is 9.76. The minimum absolute atomic E-state index is 0.160. The topological polar surface area (TPSA) is 99.7 Å². The van der Waals surface area contributed by atoms with E-state index in [0.717, 1.165) is 12.8 Å². The van der Waals surface area contributed by atoms with Gasteiger partial charge in [0.25, 0.3) is 5.56 Å². The molecule has 0 atom stereocenters. The zero-order chi connectivity index (χ0) is 18.9. The summed E-state index contributed by atoms with van der Waals surface area (Å²) in [6.45, 7) is 5.17. The summed E-state index contributed by atoms with van der Waals surface area (Å²) in [4.78, 5) is 30.8. The van der Waals surface area contributed by atoms with Crippen LogP contribution in [0.15, 0.2) is 16.9 Å². The quantitative estimate of drug-likeness (QED) is 0.510. The molecule has 0 saturated heterocycles. The van der Waals surface area contributed by atoms with E-state index in [4.69, 9.17) is 18.9 Å². The number of nitrogens with one attached hydrogen (secondary N) is 1. The Morgan fingerprint density at radius 1 is 1.12 bits per heavy atom. The van der Waals surface area contributed by atoms with Crippen molar-refractivity contribution in [1.29, 1.82) is 0 Å². The van der Waals surface area contributed by atoms with Gasteiger partial charge >= 0.3 is 5.97 Å². The van der Waals surface area contributed by atoms with Gasteiger partial charge in [-0.1, -0.05) is 13.3 Å². The van der Waals surface area contributed by atoms with E-state index in [1.165, 1.54) is 0 Å². The number of nitrogens with zero attached hydrogens (tertiary/aromatic N) is 1. The number of esters is 1. The fourth-order valence-electron chi connectivity index (χ4n) is 2.22. The maximum Gasteiger partial charge on any atom is 0.362 e. The third-order valence-electron chi connectivity index (χ3n) is 3.53. The molecule has 0 saturated carbocycles. The van der Waals surface area contributed by atoms with E-state index < -0.39 is 11.5 Å². The first-order valence-corrected chi connectivity index (χ1v) is 8.60. The molecule has 142 valence electrons. The molecule has 2 rings (SSSR count). The average Bonchev–Trinajstić information content (AvgIpc) is 2.62. The molecule has 0 unspecified atom stereocenters. The fourth-order valence-corrected chi connectivity index (χ4v) is 2.22. The Bertz CT molecular complexity index is 802. The molecule has 0 aliphatic heterocycles. The van der Waals surface area contributed by atoms with Crippen LogP contribution in [0.3, 0.4) is 0 Å². The Hall–Kier alpha value is -2.61. The van der Waals surface area contributed by atoms with Crippen molar-refractivity contribution < 1.29 is 23.7 Å². The van der Waals surface area contributed by atoms with Crippen molar-refractivity contribution in [3.05, 3.63) is 28.2 Å². The Morgan fingerprint density at radius 2 is 1.85 bits per heavy atom. The summed E-state index contributed by atoms with van der Waals surface area (Å²) >= 11 is 0. The summed E-state index contributed by atoms with van der Waals surface area (Å²) < 4.78 is 21.3. The Kier molecular flexibility index (Phi) is 7.40. The molecule has 26 heavy (non-hydrogen) atoms. The van der Waals surface area contributed by atoms with Crippen molar-refractivity contribution in [2.75, 3.05) is 33.5 Å². The normalized spacial score (nSPS) is 10.7. The molecule has 1 aromatic carbocycles. The van der Waals surface area contributed by atoms with Crippen LogP contribution in [0.2, 0.25) is 0 Å². The maximum absolute atomic E-state index is 12.1. The molecule has 0 radical (unpaired) electrons. The smallest absolute Gasteiger partial charge is 0.362 e. The number of hydrogen-bond donors (Lipinski definition) is 1. The molecule has 8 heteroatoms. The van der Waals surface area contributed by atoms with E-state index in [1.807, 2.05) is 0 Å². The van der Waals surface area contributed by atoms with Crippen molar-refractivity contribution in [1.82, 2.24) is 9.97 Å². The van der Waals surface area contributed by atoms with Crippen LogP contribution < -0.4 is 15.0 Å². The van der Waals surface area contributed by atoms with Crippen molar-refractivity contribution in [3.8, 4) is 11.5 Å².